The first-order valence-corrected chi connectivity index (χ1v) is 6.68. The third-order valence-electron chi connectivity index (χ3n) is 2.62. The van der Waals surface area contributed by atoms with Gasteiger partial charge in [-0.15, -0.1) is 0 Å². The fourth-order valence-electron chi connectivity index (χ4n) is 1.62. The van der Waals surface area contributed by atoms with Crippen LogP contribution in [-0.2, 0) is 14.8 Å². The lowest BCUT2D eigenvalue weighted by Gasteiger charge is -2.15. The summed E-state index contributed by atoms with van der Waals surface area (Å²) < 4.78 is 29.5. The van der Waals surface area contributed by atoms with Crippen LogP contribution in [-0.4, -0.2) is 44.8 Å². The Labute approximate surface area is 86.3 Å². The zero-order chi connectivity index (χ0) is 10.6. The lowest BCUT2D eigenvalue weighted by molar-refractivity contribution is 0.108. The van der Waals surface area contributed by atoms with E-state index < -0.39 is 10.0 Å². The van der Waals surface area contributed by atoms with E-state index in [1.165, 1.54) is 0 Å². The normalized spacial score (nSPS) is 23.9. The van der Waals surface area contributed by atoms with Crippen LogP contribution in [0.15, 0.2) is 0 Å². The number of ether oxygens (including phenoxy) is 1. The summed E-state index contributed by atoms with van der Waals surface area (Å²) in [5.41, 5.74) is 0. The molecule has 5 heteroatoms. The molecule has 84 valence electrons. The molecule has 1 heterocycles. The van der Waals surface area contributed by atoms with Gasteiger partial charge < -0.3 is 4.74 Å². The average Bonchev–Trinajstić information content (AvgIpc) is 2.45. The summed E-state index contributed by atoms with van der Waals surface area (Å²) in [5.74, 6) is 0.326. The Balaban J connectivity index is 2.25. The fraction of sp³-hybridized carbons (Fsp3) is 1.00. The molecular formula is C9H19NO3S. The summed E-state index contributed by atoms with van der Waals surface area (Å²) in [4.78, 5) is 0. The second kappa shape index (κ2) is 5.09. The van der Waals surface area contributed by atoms with Crippen LogP contribution in [0, 0.1) is 0 Å². The third kappa shape index (κ3) is 3.22. The topological polar surface area (TPSA) is 46.6 Å². The summed E-state index contributed by atoms with van der Waals surface area (Å²) in [6.45, 7) is 3.35. The van der Waals surface area contributed by atoms with Crippen molar-refractivity contribution in [1.29, 1.82) is 0 Å². The van der Waals surface area contributed by atoms with Crippen LogP contribution in [0.2, 0.25) is 0 Å². The van der Waals surface area contributed by atoms with Crippen molar-refractivity contribution in [2.75, 3.05) is 26.0 Å². The molecule has 0 N–H and O–H groups in total. The van der Waals surface area contributed by atoms with Crippen LogP contribution in [0.5, 0.6) is 0 Å². The van der Waals surface area contributed by atoms with Gasteiger partial charge in [0, 0.05) is 20.2 Å². The van der Waals surface area contributed by atoms with E-state index in [1.807, 2.05) is 6.92 Å². The lowest BCUT2D eigenvalue weighted by atomic mass is 10.2. The number of sulfonamides is 1. The molecule has 4 nitrogen and oxygen atoms in total. The Morgan fingerprint density at radius 2 is 2.21 bits per heavy atom. The Morgan fingerprint density at radius 1 is 1.50 bits per heavy atom. The lowest BCUT2D eigenvalue weighted by Crippen LogP contribution is -2.27. The van der Waals surface area contributed by atoms with Crippen molar-refractivity contribution in [3.63, 3.8) is 0 Å². The zero-order valence-corrected chi connectivity index (χ0v) is 9.72. The quantitative estimate of drug-likeness (QED) is 0.691. The molecule has 0 aromatic carbocycles. The van der Waals surface area contributed by atoms with Crippen molar-refractivity contribution >= 4 is 10.0 Å². The van der Waals surface area contributed by atoms with Gasteiger partial charge in [0.05, 0.1) is 11.9 Å². The van der Waals surface area contributed by atoms with Gasteiger partial charge in [-0.25, -0.2) is 12.7 Å². The molecule has 1 unspecified atom stereocenters. The standard InChI is InChI=1S/C9H19NO3S/c1-9(13-2)5-3-6-10-7-4-8-14(10,11)12/h9H,3-8H2,1-2H3. The summed E-state index contributed by atoms with van der Waals surface area (Å²) in [7, 11) is -1.22. The van der Waals surface area contributed by atoms with Crippen LogP contribution in [0.1, 0.15) is 26.2 Å². The van der Waals surface area contributed by atoms with E-state index in [2.05, 4.69) is 0 Å². The predicted molar refractivity (Wildman–Crippen MR) is 55.7 cm³/mol. The van der Waals surface area contributed by atoms with Crippen LogP contribution in [0.25, 0.3) is 0 Å². The molecule has 1 atom stereocenters. The molecule has 0 aromatic heterocycles. The Morgan fingerprint density at radius 3 is 2.71 bits per heavy atom. The van der Waals surface area contributed by atoms with Crippen LogP contribution in [0.3, 0.4) is 0 Å². The summed E-state index contributed by atoms with van der Waals surface area (Å²) >= 11 is 0. The Bertz CT molecular complexity index is 263. The maximum absolute atomic E-state index is 11.4. The number of rotatable bonds is 5. The molecule has 0 spiro atoms. The van der Waals surface area contributed by atoms with Gasteiger partial charge in [-0.3, -0.25) is 0 Å². The summed E-state index contributed by atoms with van der Waals surface area (Å²) in [5, 5.41) is 0. The molecule has 0 amide bonds. The third-order valence-corrected chi connectivity index (χ3v) is 4.58. The minimum absolute atomic E-state index is 0.223. The second-order valence-electron chi connectivity index (χ2n) is 3.76. The van der Waals surface area contributed by atoms with Gasteiger partial charge in [-0.2, -0.15) is 0 Å². The molecule has 0 saturated carbocycles. The van der Waals surface area contributed by atoms with E-state index in [-0.39, 0.29) is 6.10 Å². The van der Waals surface area contributed by atoms with Gasteiger partial charge in [0.25, 0.3) is 0 Å². The molecule has 14 heavy (non-hydrogen) atoms. The molecule has 0 aliphatic carbocycles. The van der Waals surface area contributed by atoms with E-state index in [9.17, 15) is 8.42 Å². The van der Waals surface area contributed by atoms with Gasteiger partial charge >= 0.3 is 0 Å². The highest BCUT2D eigenvalue weighted by molar-refractivity contribution is 7.89. The first-order chi connectivity index (χ1) is 6.56. The van der Waals surface area contributed by atoms with Gasteiger partial charge in [0.15, 0.2) is 0 Å². The van der Waals surface area contributed by atoms with E-state index in [4.69, 9.17) is 4.74 Å². The number of methoxy groups -OCH3 is 1. The zero-order valence-electron chi connectivity index (χ0n) is 8.90. The van der Waals surface area contributed by atoms with Crippen molar-refractivity contribution in [2.45, 2.75) is 32.3 Å². The highest BCUT2D eigenvalue weighted by Crippen LogP contribution is 2.14. The molecule has 1 aliphatic rings. The summed E-state index contributed by atoms with van der Waals surface area (Å²) in [6, 6.07) is 0. The first kappa shape index (κ1) is 11.9. The highest BCUT2D eigenvalue weighted by atomic mass is 32.2. The van der Waals surface area contributed by atoms with Crippen molar-refractivity contribution < 1.29 is 13.2 Å². The first-order valence-electron chi connectivity index (χ1n) is 5.07. The Kier molecular flexibility index (Phi) is 4.34. The summed E-state index contributed by atoms with van der Waals surface area (Å²) in [6.07, 6.45) is 2.80. The number of hydrogen-bond donors (Lipinski definition) is 0. The monoisotopic (exact) mass is 221 g/mol. The largest absolute Gasteiger partial charge is 0.382 e. The second-order valence-corrected chi connectivity index (χ2v) is 5.85. The SMILES string of the molecule is COC(C)CCCN1CCCS1(=O)=O. The van der Waals surface area contributed by atoms with E-state index in [0.29, 0.717) is 18.8 Å². The molecule has 1 aliphatic heterocycles. The van der Waals surface area contributed by atoms with Gasteiger partial charge in [-0.1, -0.05) is 0 Å². The van der Waals surface area contributed by atoms with Crippen molar-refractivity contribution in [1.82, 2.24) is 4.31 Å². The van der Waals surface area contributed by atoms with E-state index in [1.54, 1.807) is 11.4 Å². The molecule has 1 saturated heterocycles. The van der Waals surface area contributed by atoms with Crippen LogP contribution in [0.4, 0.5) is 0 Å². The Hall–Kier alpha value is -0.130. The molecular weight excluding hydrogens is 202 g/mol. The van der Waals surface area contributed by atoms with Gasteiger partial charge in [-0.05, 0) is 26.2 Å². The predicted octanol–water partition coefficient (Wildman–Crippen LogP) is 0.837. The van der Waals surface area contributed by atoms with Crippen LogP contribution >= 0.6 is 0 Å². The molecule has 1 fully saturated rings. The highest BCUT2D eigenvalue weighted by Gasteiger charge is 2.27. The smallest absolute Gasteiger partial charge is 0.214 e. The molecule has 1 rings (SSSR count). The van der Waals surface area contributed by atoms with E-state index >= 15 is 0 Å². The van der Waals surface area contributed by atoms with Crippen molar-refractivity contribution in [2.24, 2.45) is 0 Å². The average molecular weight is 221 g/mol. The fourth-order valence-corrected chi connectivity index (χ4v) is 3.18. The molecule has 0 aromatic rings. The molecule has 0 radical (unpaired) electrons. The van der Waals surface area contributed by atoms with Gasteiger partial charge in [0.2, 0.25) is 10.0 Å². The van der Waals surface area contributed by atoms with Crippen molar-refractivity contribution in [3.05, 3.63) is 0 Å². The maximum atomic E-state index is 11.4. The minimum atomic E-state index is -2.90. The van der Waals surface area contributed by atoms with Crippen molar-refractivity contribution in [3.8, 4) is 0 Å². The number of hydrogen-bond acceptors (Lipinski definition) is 3. The van der Waals surface area contributed by atoms with E-state index in [0.717, 1.165) is 19.3 Å². The molecule has 0 bridgehead atoms. The maximum Gasteiger partial charge on any atom is 0.214 e. The number of nitrogens with zero attached hydrogens (tertiary/aromatic N) is 1. The van der Waals surface area contributed by atoms with Gasteiger partial charge in [0.1, 0.15) is 0 Å². The van der Waals surface area contributed by atoms with Crippen LogP contribution < -0.4 is 0 Å². The minimum Gasteiger partial charge on any atom is -0.382 e.